The molecule has 1 saturated heterocycles. The largest absolute Gasteiger partial charge is 0.350 e. The highest BCUT2D eigenvalue weighted by Crippen LogP contribution is 2.22. The van der Waals surface area contributed by atoms with Gasteiger partial charge in [0.2, 0.25) is 0 Å². The number of rotatable bonds is 2. The molecule has 0 aromatic carbocycles. The summed E-state index contributed by atoms with van der Waals surface area (Å²) in [4.78, 5) is 0.247. The molecule has 3 nitrogen and oxygen atoms in total. The van der Waals surface area contributed by atoms with E-state index >= 15 is 0 Å². The van der Waals surface area contributed by atoms with Gasteiger partial charge in [0.15, 0.2) is 0 Å². The highest BCUT2D eigenvalue weighted by molar-refractivity contribution is 9.09. The monoisotopic (exact) mass is 277 g/mol. The Hall–Kier alpha value is 0.250. The van der Waals surface area contributed by atoms with E-state index in [0.717, 1.165) is 4.31 Å². The fourth-order valence-electron chi connectivity index (χ4n) is 1.19. The van der Waals surface area contributed by atoms with E-state index in [9.17, 15) is 17.2 Å². The van der Waals surface area contributed by atoms with Crippen LogP contribution in [0.15, 0.2) is 0 Å². The molecule has 0 N–H and O–H groups in total. The number of nitrogens with zero attached hydrogens (tertiary/aromatic N) is 1. The van der Waals surface area contributed by atoms with Gasteiger partial charge >= 0.3 is 5.76 Å². The van der Waals surface area contributed by atoms with Crippen molar-refractivity contribution >= 4 is 26.0 Å². The molecule has 1 rings (SSSR count). The van der Waals surface area contributed by atoms with Gasteiger partial charge in [0.05, 0.1) is 0 Å². The van der Waals surface area contributed by atoms with Crippen molar-refractivity contribution < 1.29 is 17.2 Å². The van der Waals surface area contributed by atoms with Gasteiger partial charge in [-0.15, -0.1) is 0 Å². The van der Waals surface area contributed by atoms with Crippen molar-refractivity contribution in [1.29, 1.82) is 0 Å². The minimum absolute atomic E-state index is 0.183. The summed E-state index contributed by atoms with van der Waals surface area (Å²) < 4.78 is 46.9. The fraction of sp³-hybridized carbons (Fsp3) is 1.00. The second-order valence-corrected chi connectivity index (χ2v) is 6.08. The smallest absolute Gasteiger partial charge is 0.206 e. The molecule has 1 fully saturated rings. The predicted octanol–water partition coefficient (Wildman–Crippen LogP) is 1.40. The molecule has 0 atom stereocenters. The van der Waals surface area contributed by atoms with Crippen molar-refractivity contribution in [2.75, 3.05) is 13.1 Å². The molecular formula is C6H10BrF2NO2S. The van der Waals surface area contributed by atoms with Crippen molar-refractivity contribution in [1.82, 2.24) is 4.31 Å². The van der Waals surface area contributed by atoms with Crippen LogP contribution in [-0.4, -0.2) is 36.4 Å². The Morgan fingerprint density at radius 2 is 1.77 bits per heavy atom. The maximum atomic E-state index is 12.1. The molecule has 13 heavy (non-hydrogen) atoms. The Kier molecular flexibility index (Phi) is 3.64. The lowest BCUT2D eigenvalue weighted by molar-refractivity contribution is 0.214. The Morgan fingerprint density at radius 1 is 1.31 bits per heavy atom. The lowest BCUT2D eigenvalue weighted by Crippen LogP contribution is -2.41. The molecule has 0 aliphatic carbocycles. The topological polar surface area (TPSA) is 37.4 Å². The summed E-state index contributed by atoms with van der Waals surface area (Å²) in [5, 5.41) is 0. The maximum Gasteiger partial charge on any atom is 0.350 e. The first-order valence-electron chi connectivity index (χ1n) is 3.86. The molecule has 0 radical (unpaired) electrons. The molecule has 0 bridgehead atoms. The molecule has 7 heteroatoms. The minimum atomic E-state index is -4.34. The standard InChI is InChI=1S/C6H10BrF2NO2S/c7-5-1-3-10(4-2-5)13(11,12)6(8)9/h5-6H,1-4H2. The van der Waals surface area contributed by atoms with Crippen molar-refractivity contribution in [2.45, 2.75) is 23.4 Å². The second-order valence-electron chi connectivity index (χ2n) is 2.88. The van der Waals surface area contributed by atoms with E-state index in [1.54, 1.807) is 0 Å². The van der Waals surface area contributed by atoms with E-state index < -0.39 is 15.8 Å². The first kappa shape index (κ1) is 11.3. The van der Waals surface area contributed by atoms with Crippen LogP contribution in [0.5, 0.6) is 0 Å². The summed E-state index contributed by atoms with van der Waals surface area (Å²) in [6.07, 6.45) is 1.18. The van der Waals surface area contributed by atoms with E-state index in [4.69, 9.17) is 0 Å². The normalized spacial score (nSPS) is 22.5. The third-order valence-electron chi connectivity index (χ3n) is 1.97. The van der Waals surface area contributed by atoms with Crippen LogP contribution in [0.25, 0.3) is 0 Å². The molecule has 78 valence electrons. The van der Waals surface area contributed by atoms with Crippen molar-refractivity contribution in [2.24, 2.45) is 0 Å². The van der Waals surface area contributed by atoms with Crippen molar-refractivity contribution in [3.05, 3.63) is 0 Å². The number of hydrogen-bond acceptors (Lipinski definition) is 2. The lowest BCUT2D eigenvalue weighted by atomic mass is 10.2. The Morgan fingerprint density at radius 3 is 2.15 bits per heavy atom. The third-order valence-corrected chi connectivity index (χ3v) is 4.42. The number of sulfonamides is 1. The van der Waals surface area contributed by atoms with E-state index in [-0.39, 0.29) is 17.9 Å². The molecule has 0 saturated carbocycles. The average molecular weight is 278 g/mol. The molecule has 1 aliphatic rings. The molecule has 0 aromatic rings. The fourth-order valence-corrected chi connectivity index (χ4v) is 2.55. The average Bonchev–Trinajstić information content (AvgIpc) is 2.04. The van der Waals surface area contributed by atoms with Crippen LogP contribution in [0, 0.1) is 0 Å². The zero-order valence-electron chi connectivity index (χ0n) is 6.79. The number of piperidine rings is 1. The lowest BCUT2D eigenvalue weighted by Gasteiger charge is -2.28. The van der Waals surface area contributed by atoms with Gasteiger partial charge in [-0.1, -0.05) is 15.9 Å². The van der Waals surface area contributed by atoms with Crippen LogP contribution in [-0.2, 0) is 10.0 Å². The van der Waals surface area contributed by atoms with E-state index in [1.165, 1.54) is 0 Å². The quantitative estimate of drug-likeness (QED) is 0.716. The summed E-state index contributed by atoms with van der Waals surface area (Å²) >= 11 is 3.31. The predicted molar refractivity (Wildman–Crippen MR) is 48.4 cm³/mol. The molecular weight excluding hydrogens is 268 g/mol. The van der Waals surface area contributed by atoms with Gasteiger partial charge in [0, 0.05) is 17.9 Å². The Balaban J connectivity index is 2.64. The SMILES string of the molecule is O=S(=O)(C(F)F)N1CCC(Br)CC1. The molecule has 0 amide bonds. The molecule has 1 aliphatic heterocycles. The number of halogens is 3. The highest BCUT2D eigenvalue weighted by Gasteiger charge is 2.34. The van der Waals surface area contributed by atoms with E-state index in [0.29, 0.717) is 12.8 Å². The van der Waals surface area contributed by atoms with Gasteiger partial charge in [-0.2, -0.15) is 13.1 Å². The zero-order valence-corrected chi connectivity index (χ0v) is 9.19. The number of hydrogen-bond donors (Lipinski definition) is 0. The van der Waals surface area contributed by atoms with Gasteiger partial charge in [-0.05, 0) is 12.8 Å². The molecule has 0 spiro atoms. The number of alkyl halides is 3. The molecule has 0 aromatic heterocycles. The highest BCUT2D eigenvalue weighted by atomic mass is 79.9. The minimum Gasteiger partial charge on any atom is -0.206 e. The maximum absolute atomic E-state index is 12.1. The Bertz CT molecular complexity index is 262. The van der Waals surface area contributed by atoms with Gasteiger partial charge in [0.1, 0.15) is 0 Å². The van der Waals surface area contributed by atoms with Crippen LogP contribution in [0.2, 0.25) is 0 Å². The molecule has 1 heterocycles. The van der Waals surface area contributed by atoms with E-state index in [1.807, 2.05) is 0 Å². The van der Waals surface area contributed by atoms with E-state index in [2.05, 4.69) is 15.9 Å². The summed E-state index contributed by atoms with van der Waals surface area (Å²) in [5.41, 5.74) is 0. The van der Waals surface area contributed by atoms with Gasteiger partial charge in [-0.25, -0.2) is 8.42 Å². The summed E-state index contributed by atoms with van der Waals surface area (Å²) in [6.45, 7) is 0.366. The van der Waals surface area contributed by atoms with Crippen molar-refractivity contribution in [3.63, 3.8) is 0 Å². The van der Waals surface area contributed by atoms with Crippen LogP contribution in [0.3, 0.4) is 0 Å². The van der Waals surface area contributed by atoms with Gasteiger partial charge < -0.3 is 0 Å². The van der Waals surface area contributed by atoms with Crippen molar-refractivity contribution in [3.8, 4) is 0 Å². The first-order chi connectivity index (χ1) is 5.94. The van der Waals surface area contributed by atoms with Gasteiger partial charge in [-0.3, -0.25) is 0 Å². The second kappa shape index (κ2) is 4.18. The van der Waals surface area contributed by atoms with Gasteiger partial charge in [0.25, 0.3) is 10.0 Å². The van der Waals surface area contributed by atoms with Crippen LogP contribution < -0.4 is 0 Å². The first-order valence-corrected chi connectivity index (χ1v) is 6.27. The van der Waals surface area contributed by atoms with Crippen LogP contribution in [0.4, 0.5) is 8.78 Å². The zero-order chi connectivity index (χ0) is 10.1. The summed E-state index contributed by atoms with van der Waals surface area (Å²) in [7, 11) is -4.34. The Labute approximate surface area is 84.3 Å². The third kappa shape index (κ3) is 2.60. The van der Waals surface area contributed by atoms with Crippen LogP contribution >= 0.6 is 15.9 Å². The summed E-state index contributed by atoms with van der Waals surface area (Å²) in [5.74, 6) is -3.29. The van der Waals surface area contributed by atoms with Crippen LogP contribution in [0.1, 0.15) is 12.8 Å². The molecule has 0 unspecified atom stereocenters. The summed E-state index contributed by atoms with van der Waals surface area (Å²) in [6, 6.07) is 0.